The van der Waals surface area contributed by atoms with Gasteiger partial charge >= 0.3 is 0 Å². The summed E-state index contributed by atoms with van der Waals surface area (Å²) < 4.78 is 23.6. The van der Waals surface area contributed by atoms with Crippen molar-refractivity contribution < 1.29 is 23.4 Å². The van der Waals surface area contributed by atoms with Crippen molar-refractivity contribution in [2.24, 2.45) is 0 Å². The van der Waals surface area contributed by atoms with Crippen LogP contribution in [0.15, 0.2) is 39.5 Å². The number of ether oxygens (including phenoxy) is 3. The maximum atomic E-state index is 13.9. The smallest absolute Gasteiger partial charge is 0.291 e. The Morgan fingerprint density at radius 1 is 1.05 bits per heavy atom. The van der Waals surface area contributed by atoms with Gasteiger partial charge in [0.05, 0.1) is 36.8 Å². The minimum atomic E-state index is -0.600. The van der Waals surface area contributed by atoms with Crippen LogP contribution in [0.25, 0.3) is 11.0 Å². The number of carbonyl (C=O) groups is 1. The average Bonchev–Trinajstić information content (AvgIpc) is 3.50. The zero-order valence-electron chi connectivity index (χ0n) is 22.1. The molecule has 0 radical (unpaired) electrons. The molecule has 2 aliphatic heterocycles. The monoisotopic (exact) mass is 505 g/mol. The second kappa shape index (κ2) is 10.6. The van der Waals surface area contributed by atoms with Gasteiger partial charge in [0.15, 0.2) is 16.9 Å². The molecule has 1 aromatic heterocycles. The number of amides is 1. The number of hydrogen-bond donors (Lipinski definition) is 0. The van der Waals surface area contributed by atoms with Crippen LogP contribution in [-0.2, 0) is 4.74 Å². The van der Waals surface area contributed by atoms with Gasteiger partial charge in [0, 0.05) is 13.2 Å². The van der Waals surface area contributed by atoms with Crippen molar-refractivity contribution in [1.82, 2.24) is 4.90 Å². The third-order valence-electron chi connectivity index (χ3n) is 7.52. The first-order valence-corrected chi connectivity index (χ1v) is 13.2. The van der Waals surface area contributed by atoms with Crippen LogP contribution in [-0.4, -0.2) is 43.8 Å². The van der Waals surface area contributed by atoms with Gasteiger partial charge in [-0.1, -0.05) is 25.8 Å². The Morgan fingerprint density at radius 2 is 1.86 bits per heavy atom. The van der Waals surface area contributed by atoms with Gasteiger partial charge in [0.1, 0.15) is 5.58 Å². The van der Waals surface area contributed by atoms with Crippen LogP contribution in [0.3, 0.4) is 0 Å². The molecule has 2 aromatic carbocycles. The summed E-state index contributed by atoms with van der Waals surface area (Å²) in [5.74, 6) is 1.05. The summed E-state index contributed by atoms with van der Waals surface area (Å²) in [5, 5.41) is 0.487. The number of hydrogen-bond acceptors (Lipinski definition) is 6. The van der Waals surface area contributed by atoms with E-state index in [1.54, 1.807) is 12.0 Å². The van der Waals surface area contributed by atoms with E-state index in [1.807, 2.05) is 44.2 Å². The van der Waals surface area contributed by atoms with E-state index in [-0.39, 0.29) is 23.2 Å². The number of aryl methyl sites for hydroxylation is 2. The van der Waals surface area contributed by atoms with E-state index in [1.165, 1.54) is 0 Å². The highest BCUT2D eigenvalue weighted by molar-refractivity contribution is 5.99. The minimum Gasteiger partial charge on any atom is -0.493 e. The molecule has 0 aliphatic carbocycles. The summed E-state index contributed by atoms with van der Waals surface area (Å²) in [5.41, 5.74) is 3.42. The first-order valence-electron chi connectivity index (χ1n) is 13.2. The first kappa shape index (κ1) is 25.3. The van der Waals surface area contributed by atoms with E-state index < -0.39 is 6.04 Å². The van der Waals surface area contributed by atoms with Crippen LogP contribution in [0.4, 0.5) is 0 Å². The van der Waals surface area contributed by atoms with E-state index in [0.29, 0.717) is 47.8 Å². The summed E-state index contributed by atoms with van der Waals surface area (Å²) in [7, 11) is 1.60. The third-order valence-corrected chi connectivity index (χ3v) is 7.52. The molecule has 1 saturated heterocycles. The van der Waals surface area contributed by atoms with Gasteiger partial charge in [0.2, 0.25) is 5.76 Å². The number of unbranched alkanes of at least 4 members (excludes halogenated alkanes) is 2. The average molecular weight is 506 g/mol. The van der Waals surface area contributed by atoms with Crippen LogP contribution in [0, 0.1) is 13.8 Å². The Labute approximate surface area is 217 Å². The predicted octanol–water partition coefficient (Wildman–Crippen LogP) is 5.71. The molecule has 3 heterocycles. The van der Waals surface area contributed by atoms with Gasteiger partial charge < -0.3 is 23.5 Å². The molecule has 37 heavy (non-hydrogen) atoms. The van der Waals surface area contributed by atoms with Crippen molar-refractivity contribution >= 4 is 16.9 Å². The molecule has 0 N–H and O–H groups in total. The molecule has 0 bridgehead atoms. The lowest BCUT2D eigenvalue weighted by Crippen LogP contribution is -2.36. The van der Waals surface area contributed by atoms with Crippen LogP contribution in [0.2, 0.25) is 0 Å². The van der Waals surface area contributed by atoms with E-state index in [9.17, 15) is 9.59 Å². The zero-order chi connectivity index (χ0) is 26.1. The Bertz CT molecular complexity index is 1370. The largest absolute Gasteiger partial charge is 0.493 e. The van der Waals surface area contributed by atoms with Crippen molar-refractivity contribution in [1.29, 1.82) is 0 Å². The minimum absolute atomic E-state index is 0.0714. The van der Waals surface area contributed by atoms with Gasteiger partial charge in [-0.05, 0) is 74.1 Å². The van der Waals surface area contributed by atoms with Crippen molar-refractivity contribution in [3.8, 4) is 11.5 Å². The maximum Gasteiger partial charge on any atom is 0.291 e. The van der Waals surface area contributed by atoms with E-state index >= 15 is 0 Å². The second-order valence-electron chi connectivity index (χ2n) is 10.1. The molecule has 3 aromatic rings. The summed E-state index contributed by atoms with van der Waals surface area (Å²) >= 11 is 0. The van der Waals surface area contributed by atoms with Crippen LogP contribution in [0.5, 0.6) is 11.5 Å². The van der Waals surface area contributed by atoms with Crippen LogP contribution >= 0.6 is 0 Å². The normalized spacial score (nSPS) is 19.0. The molecule has 0 spiro atoms. The lowest BCUT2D eigenvalue weighted by atomic mass is 9.97. The number of fused-ring (bicyclic) bond motifs is 2. The highest BCUT2D eigenvalue weighted by atomic mass is 16.5. The molecule has 7 heteroatoms. The molecule has 5 rings (SSSR count). The van der Waals surface area contributed by atoms with Crippen LogP contribution in [0.1, 0.15) is 77.9 Å². The van der Waals surface area contributed by atoms with Gasteiger partial charge in [-0.15, -0.1) is 0 Å². The fraction of sp³-hybridized carbons (Fsp3) is 0.467. The first-order chi connectivity index (χ1) is 17.9. The second-order valence-corrected chi connectivity index (χ2v) is 10.1. The van der Waals surface area contributed by atoms with E-state index in [2.05, 4.69) is 6.92 Å². The fourth-order valence-electron chi connectivity index (χ4n) is 5.33. The van der Waals surface area contributed by atoms with Gasteiger partial charge in [-0.3, -0.25) is 9.59 Å². The van der Waals surface area contributed by atoms with Crippen LogP contribution < -0.4 is 14.9 Å². The standard InChI is InChI=1S/C30H35NO6/c1-5-6-7-12-36-23-11-10-20(16-25(23)34-4)27-26-28(32)22-14-18(2)19(3)15-24(22)37-29(26)30(33)31(27)17-21-9-8-13-35-21/h10-11,14-16,21,27H,5-9,12-13,17H2,1-4H3. The molecule has 196 valence electrons. The number of nitrogens with zero attached hydrogens (tertiary/aromatic N) is 1. The summed E-state index contributed by atoms with van der Waals surface area (Å²) in [6, 6.07) is 8.74. The quantitative estimate of drug-likeness (QED) is 0.347. The Balaban J connectivity index is 1.61. The van der Waals surface area contributed by atoms with Gasteiger partial charge in [0.25, 0.3) is 5.91 Å². The molecule has 2 unspecified atom stereocenters. The van der Waals surface area contributed by atoms with Gasteiger partial charge in [-0.2, -0.15) is 0 Å². The lowest BCUT2D eigenvalue weighted by Gasteiger charge is -2.28. The zero-order valence-corrected chi connectivity index (χ0v) is 22.1. The Hall–Kier alpha value is -3.32. The molecule has 1 fully saturated rings. The van der Waals surface area contributed by atoms with Gasteiger partial charge in [-0.25, -0.2) is 0 Å². The molecular formula is C30H35NO6. The number of carbonyl (C=O) groups excluding carboxylic acids is 1. The van der Waals surface area contributed by atoms with Crippen molar-refractivity contribution in [2.45, 2.75) is 65.0 Å². The summed E-state index contributed by atoms with van der Waals surface area (Å²) in [6.07, 6.45) is 4.95. The number of rotatable bonds is 9. The molecule has 0 saturated carbocycles. The third kappa shape index (κ3) is 4.73. The topological polar surface area (TPSA) is 78.2 Å². The maximum absolute atomic E-state index is 13.9. The predicted molar refractivity (Wildman–Crippen MR) is 142 cm³/mol. The van der Waals surface area contributed by atoms with E-state index in [4.69, 9.17) is 18.6 Å². The molecular weight excluding hydrogens is 470 g/mol. The molecule has 1 amide bonds. The molecule has 2 atom stereocenters. The number of methoxy groups -OCH3 is 1. The highest BCUT2D eigenvalue weighted by Gasteiger charge is 2.44. The van der Waals surface area contributed by atoms with Crippen molar-refractivity contribution in [2.75, 3.05) is 26.9 Å². The SMILES string of the molecule is CCCCCOc1ccc(C2c3c(oc4cc(C)c(C)cc4c3=O)C(=O)N2CC2CCCO2)cc1OC. The fourth-order valence-corrected chi connectivity index (χ4v) is 5.33. The summed E-state index contributed by atoms with van der Waals surface area (Å²) in [4.78, 5) is 29.3. The lowest BCUT2D eigenvalue weighted by molar-refractivity contribution is 0.0486. The number of benzene rings is 2. The highest BCUT2D eigenvalue weighted by Crippen LogP contribution is 2.41. The summed E-state index contributed by atoms with van der Waals surface area (Å²) in [6.45, 7) is 7.77. The van der Waals surface area contributed by atoms with E-state index in [0.717, 1.165) is 48.8 Å². The Morgan fingerprint density at radius 3 is 2.59 bits per heavy atom. The molecule has 2 aliphatic rings. The van der Waals surface area contributed by atoms with Crippen molar-refractivity contribution in [3.63, 3.8) is 0 Å². The van der Waals surface area contributed by atoms with Crippen molar-refractivity contribution in [3.05, 3.63) is 68.6 Å². The molecule has 7 nitrogen and oxygen atoms in total. The Kier molecular flexibility index (Phi) is 7.24.